The molecule has 0 N–H and O–H groups in total. The van der Waals surface area contributed by atoms with Crippen LogP contribution in [0.5, 0.6) is 0 Å². The zero-order valence-corrected chi connectivity index (χ0v) is 13.3. The van der Waals surface area contributed by atoms with Gasteiger partial charge in [-0.3, -0.25) is 0 Å². The minimum Gasteiger partial charge on any atom is -1.00 e. The van der Waals surface area contributed by atoms with Crippen LogP contribution in [-0.4, -0.2) is 23.9 Å². The fraction of sp³-hybridized carbons (Fsp3) is 0.800. The van der Waals surface area contributed by atoms with Crippen LogP contribution in [0.3, 0.4) is 0 Å². The molecule has 80 valence electrons. The van der Waals surface area contributed by atoms with Crippen molar-refractivity contribution in [3.63, 3.8) is 0 Å². The molecule has 0 aliphatic carbocycles. The molecular weight excluding hydrogens is 310 g/mol. The van der Waals surface area contributed by atoms with Crippen molar-refractivity contribution in [1.29, 1.82) is 0 Å². The first-order valence-electron chi connectivity index (χ1n) is 4.41. The van der Waals surface area contributed by atoms with Crippen LogP contribution >= 0.6 is 0 Å². The van der Waals surface area contributed by atoms with Gasteiger partial charge in [0.15, 0.2) is 0 Å². The third kappa shape index (κ3) is 59.9. The molecule has 13 heavy (non-hydrogen) atoms. The van der Waals surface area contributed by atoms with Gasteiger partial charge in [-0.05, 0) is 0 Å². The summed E-state index contributed by atoms with van der Waals surface area (Å²) in [6, 6.07) is 0. The van der Waals surface area contributed by atoms with Crippen LogP contribution in [0.25, 0.3) is 0 Å². The summed E-state index contributed by atoms with van der Waals surface area (Å²) in [5.74, 6) is 0. The van der Waals surface area contributed by atoms with Crippen LogP contribution in [0.1, 0.15) is 52.4 Å². The fourth-order valence-electron chi connectivity index (χ4n) is 0.500. The molecule has 0 aliphatic heterocycles. The van der Waals surface area contributed by atoms with E-state index < -0.39 is 0 Å². The molecule has 3 heteroatoms. The van der Waals surface area contributed by atoms with Gasteiger partial charge in [0.25, 0.3) is 0 Å². The molecule has 0 saturated carbocycles. The third-order valence-electron chi connectivity index (χ3n) is 1.21. The molecule has 0 aliphatic rings. The second-order valence-corrected chi connectivity index (χ2v) is 2.41. The standard InChI is InChI=1S/2C5H11.2ClH.Sn/c2*1-3-5-4-2;;;/h2*1,3-5H2,2H3;2*1H;/q;;;;+2/p-2. The summed E-state index contributed by atoms with van der Waals surface area (Å²) in [5, 5.41) is 0. The largest absolute Gasteiger partial charge is 2.00 e. The van der Waals surface area contributed by atoms with Gasteiger partial charge in [-0.15, -0.1) is 0 Å². The Morgan fingerprint density at radius 1 is 0.769 bits per heavy atom. The number of unbranched alkanes of at least 4 members (excludes halogenated alkanes) is 4. The molecule has 0 unspecified atom stereocenters. The maximum Gasteiger partial charge on any atom is 2.00 e. The van der Waals surface area contributed by atoms with Gasteiger partial charge in [0.1, 0.15) is 0 Å². The summed E-state index contributed by atoms with van der Waals surface area (Å²) in [4.78, 5) is 0. The van der Waals surface area contributed by atoms with Gasteiger partial charge in [-0.25, -0.2) is 0 Å². The topological polar surface area (TPSA) is 0 Å². The zero-order chi connectivity index (χ0) is 8.24. The smallest absolute Gasteiger partial charge is 1.00 e. The first kappa shape index (κ1) is 29.3. The van der Waals surface area contributed by atoms with Gasteiger partial charge in [0.2, 0.25) is 0 Å². The fourth-order valence-corrected chi connectivity index (χ4v) is 0.500. The average Bonchev–Trinajstić information content (AvgIpc) is 1.93. The van der Waals surface area contributed by atoms with Crippen molar-refractivity contribution >= 4 is 23.9 Å². The monoisotopic (exact) mass is 332 g/mol. The van der Waals surface area contributed by atoms with Gasteiger partial charge >= 0.3 is 23.9 Å². The molecule has 0 bridgehead atoms. The molecule has 0 atom stereocenters. The minimum atomic E-state index is 0. The van der Waals surface area contributed by atoms with E-state index in [2.05, 4.69) is 27.7 Å². The molecule has 0 rings (SSSR count). The molecule has 0 fully saturated rings. The van der Waals surface area contributed by atoms with Gasteiger partial charge in [0, 0.05) is 0 Å². The van der Waals surface area contributed by atoms with Crippen molar-refractivity contribution in [3.8, 4) is 0 Å². The SMILES string of the molecule is [CH2]CCCC.[CH2]CCCC.[Cl-].[Cl-].[Sn+2]. The predicted octanol–water partition coefficient (Wildman–Crippen LogP) is -2.35. The molecule has 0 aromatic rings. The van der Waals surface area contributed by atoms with E-state index in [1.54, 1.807) is 0 Å². The van der Waals surface area contributed by atoms with Crippen molar-refractivity contribution < 1.29 is 24.8 Å². The summed E-state index contributed by atoms with van der Waals surface area (Å²) < 4.78 is 0. The van der Waals surface area contributed by atoms with Crippen LogP contribution in [0, 0.1) is 13.8 Å². The molecular formula is C10H22Cl2Sn. The number of hydrogen-bond donors (Lipinski definition) is 0. The normalized spacial score (nSPS) is 6.46. The summed E-state index contributed by atoms with van der Waals surface area (Å²) in [6.45, 7) is 11.7. The van der Waals surface area contributed by atoms with E-state index in [9.17, 15) is 0 Å². The molecule has 0 aromatic carbocycles. The Kier molecular flexibility index (Phi) is 84.7. The van der Waals surface area contributed by atoms with E-state index in [-0.39, 0.29) is 48.7 Å². The molecule has 0 aromatic heterocycles. The molecule has 0 heterocycles. The van der Waals surface area contributed by atoms with E-state index in [1.807, 2.05) is 0 Å². The molecule has 0 spiro atoms. The Labute approximate surface area is 114 Å². The van der Waals surface area contributed by atoms with E-state index in [1.165, 1.54) is 25.7 Å². The predicted molar refractivity (Wildman–Crippen MR) is 55.5 cm³/mol. The van der Waals surface area contributed by atoms with E-state index in [0.717, 1.165) is 12.8 Å². The summed E-state index contributed by atoms with van der Waals surface area (Å²) >= 11 is 0. The van der Waals surface area contributed by atoms with Crippen molar-refractivity contribution in [3.05, 3.63) is 13.8 Å². The Bertz CT molecular complexity index is 33.9. The van der Waals surface area contributed by atoms with Gasteiger partial charge in [0.05, 0.1) is 0 Å². The maximum atomic E-state index is 3.68. The van der Waals surface area contributed by atoms with E-state index in [0.29, 0.717) is 0 Å². The van der Waals surface area contributed by atoms with E-state index >= 15 is 0 Å². The Morgan fingerprint density at radius 2 is 1.00 bits per heavy atom. The van der Waals surface area contributed by atoms with Crippen molar-refractivity contribution in [1.82, 2.24) is 0 Å². The van der Waals surface area contributed by atoms with Crippen LogP contribution < -0.4 is 24.8 Å². The van der Waals surface area contributed by atoms with Crippen molar-refractivity contribution in [2.24, 2.45) is 0 Å². The van der Waals surface area contributed by atoms with Crippen LogP contribution in [-0.2, 0) is 0 Å². The zero-order valence-electron chi connectivity index (χ0n) is 8.91. The molecule has 4 radical (unpaired) electrons. The number of rotatable bonds is 4. The quantitative estimate of drug-likeness (QED) is 0.506. The summed E-state index contributed by atoms with van der Waals surface area (Å²) in [5.41, 5.74) is 0. The second-order valence-electron chi connectivity index (χ2n) is 2.41. The molecule has 0 saturated heterocycles. The van der Waals surface area contributed by atoms with Crippen molar-refractivity contribution in [2.45, 2.75) is 52.4 Å². The maximum absolute atomic E-state index is 3.68. The Balaban J connectivity index is -0.0000000267. The second kappa shape index (κ2) is 37.7. The minimum absolute atomic E-state index is 0. The number of hydrogen-bond acceptors (Lipinski definition) is 0. The molecule has 0 nitrogen and oxygen atoms in total. The van der Waals surface area contributed by atoms with Gasteiger partial charge in [-0.1, -0.05) is 66.2 Å². The van der Waals surface area contributed by atoms with Gasteiger partial charge < -0.3 is 24.8 Å². The van der Waals surface area contributed by atoms with Gasteiger partial charge in [-0.2, -0.15) is 0 Å². The van der Waals surface area contributed by atoms with Crippen LogP contribution in [0.15, 0.2) is 0 Å². The van der Waals surface area contributed by atoms with Crippen LogP contribution in [0.2, 0.25) is 0 Å². The third-order valence-corrected chi connectivity index (χ3v) is 1.21. The Hall–Kier alpha value is 1.38. The molecule has 0 amide bonds. The first-order valence-corrected chi connectivity index (χ1v) is 4.41. The van der Waals surface area contributed by atoms with Crippen molar-refractivity contribution in [2.75, 3.05) is 0 Å². The summed E-state index contributed by atoms with van der Waals surface area (Å²) in [7, 11) is 0. The Morgan fingerprint density at radius 3 is 1.00 bits per heavy atom. The van der Waals surface area contributed by atoms with E-state index in [4.69, 9.17) is 0 Å². The van der Waals surface area contributed by atoms with Crippen LogP contribution in [0.4, 0.5) is 0 Å². The first-order chi connectivity index (χ1) is 4.83. The average molecular weight is 332 g/mol. The number of halogens is 2. The summed E-state index contributed by atoms with van der Waals surface area (Å²) in [6.07, 6.45) is 7.31.